The quantitative estimate of drug-likeness (QED) is 0.420. The van der Waals surface area contributed by atoms with Gasteiger partial charge in [-0.3, -0.25) is 0 Å². The maximum absolute atomic E-state index is 5.53. The van der Waals surface area contributed by atoms with Crippen LogP contribution in [0, 0.1) is 41.5 Å². The number of nitrogens with zero attached hydrogens (tertiary/aromatic N) is 2. The van der Waals surface area contributed by atoms with Gasteiger partial charge in [0.05, 0.1) is 0 Å². The van der Waals surface area contributed by atoms with E-state index in [2.05, 4.69) is 75.3 Å². The highest BCUT2D eigenvalue weighted by Crippen LogP contribution is 2.32. The molecular weight excluding hydrogens is 356 g/mol. The van der Waals surface area contributed by atoms with Crippen LogP contribution in [0.3, 0.4) is 0 Å². The lowest BCUT2D eigenvalue weighted by molar-refractivity contribution is -0.427. The number of anilines is 1. The van der Waals surface area contributed by atoms with Gasteiger partial charge in [0.15, 0.2) is 0 Å². The molecule has 0 bridgehead atoms. The Hall–Kier alpha value is -1.78. The summed E-state index contributed by atoms with van der Waals surface area (Å²) in [4.78, 5) is 2.32. The topological polar surface area (TPSA) is 6.25 Å². The van der Waals surface area contributed by atoms with Crippen molar-refractivity contribution in [2.24, 2.45) is 0 Å². The molecule has 0 fully saturated rings. The van der Waals surface area contributed by atoms with Crippen molar-refractivity contribution < 1.29 is 4.58 Å². The van der Waals surface area contributed by atoms with E-state index in [1.165, 1.54) is 44.8 Å². The predicted molar refractivity (Wildman–Crippen MR) is 118 cm³/mol. The van der Waals surface area contributed by atoms with Crippen LogP contribution in [-0.4, -0.2) is 27.7 Å². The number of thiocarbonyl (C=S) groups is 1. The molecular formula is C22H26N2S2. The number of rotatable bonds is 3. The van der Waals surface area contributed by atoms with Gasteiger partial charge >= 0.3 is 0 Å². The van der Waals surface area contributed by atoms with Crippen molar-refractivity contribution in [2.45, 2.75) is 41.5 Å². The van der Waals surface area contributed by atoms with Gasteiger partial charge in [-0.1, -0.05) is 35.4 Å². The number of amidine groups is 1. The molecule has 0 amide bonds. The summed E-state index contributed by atoms with van der Waals surface area (Å²) in [7, 11) is 0. The Kier molecular flexibility index (Phi) is 5.18. The molecule has 2 nitrogen and oxygen atoms in total. The van der Waals surface area contributed by atoms with Crippen molar-refractivity contribution in [3.05, 3.63) is 57.6 Å². The molecule has 0 N–H and O–H groups in total. The van der Waals surface area contributed by atoms with Gasteiger partial charge in [0.25, 0.3) is 5.84 Å². The van der Waals surface area contributed by atoms with Gasteiger partial charge in [0.2, 0.25) is 0 Å². The third kappa shape index (κ3) is 3.28. The fraction of sp³-hybridized carbons (Fsp3) is 0.364. The van der Waals surface area contributed by atoms with E-state index in [0.717, 1.165) is 18.9 Å². The highest BCUT2D eigenvalue weighted by Gasteiger charge is 2.35. The van der Waals surface area contributed by atoms with Crippen molar-refractivity contribution in [3.63, 3.8) is 0 Å². The molecule has 0 aromatic heterocycles. The standard InChI is InChI=1S/C22H26N2S2/c1-13-9-15(3)19(16(4)10-13)23-7-8-24(21(23)22(25)26)20-17(5)11-14(2)12-18(20)6/h9-12H,7-8H2,1-6H3. The molecule has 1 aliphatic heterocycles. The largest absolute Gasteiger partial charge is 0.421 e. The van der Waals surface area contributed by atoms with Gasteiger partial charge in [-0.15, -0.1) is 0 Å². The van der Waals surface area contributed by atoms with Gasteiger partial charge in [-0.05, 0) is 68.0 Å². The molecule has 26 heavy (non-hydrogen) atoms. The first-order chi connectivity index (χ1) is 12.2. The molecule has 0 spiro atoms. The summed E-state index contributed by atoms with van der Waals surface area (Å²) < 4.78 is 2.85. The van der Waals surface area contributed by atoms with Gasteiger partial charge < -0.3 is 24.8 Å². The number of hydrogen-bond donors (Lipinski definition) is 0. The lowest BCUT2D eigenvalue weighted by Crippen LogP contribution is -2.35. The molecule has 2 aromatic carbocycles. The summed E-state index contributed by atoms with van der Waals surface area (Å²) >= 11 is 11.1. The Morgan fingerprint density at radius 2 is 1.35 bits per heavy atom. The lowest BCUT2D eigenvalue weighted by atomic mass is 10.0. The first kappa shape index (κ1) is 19.0. The molecule has 0 aliphatic carbocycles. The first-order valence-electron chi connectivity index (χ1n) is 8.99. The van der Waals surface area contributed by atoms with E-state index in [4.69, 9.17) is 24.8 Å². The Morgan fingerprint density at radius 1 is 0.885 bits per heavy atom. The zero-order chi connectivity index (χ0) is 19.2. The van der Waals surface area contributed by atoms with E-state index in [9.17, 15) is 0 Å². The SMILES string of the molecule is Cc1cc(C)c(N2CC[N+](c3c(C)cc(C)cc3C)=C2C(=S)[S-])c(C)c1. The van der Waals surface area contributed by atoms with E-state index in [-0.39, 0.29) is 0 Å². The Bertz CT molecular complexity index is 895. The van der Waals surface area contributed by atoms with Crippen LogP contribution in [0.5, 0.6) is 0 Å². The Labute approximate surface area is 168 Å². The maximum atomic E-state index is 5.53. The molecule has 4 heteroatoms. The molecule has 0 atom stereocenters. The second kappa shape index (κ2) is 7.09. The number of hydrogen-bond acceptors (Lipinski definition) is 3. The highest BCUT2D eigenvalue weighted by atomic mass is 32.1. The molecule has 2 aromatic rings. The molecule has 0 saturated heterocycles. The summed E-state index contributed by atoms with van der Waals surface area (Å²) in [5.74, 6) is 0.972. The van der Waals surface area contributed by atoms with Crippen molar-refractivity contribution in [1.82, 2.24) is 0 Å². The van der Waals surface area contributed by atoms with Crippen molar-refractivity contribution >= 4 is 46.3 Å². The van der Waals surface area contributed by atoms with Gasteiger partial charge in [-0.2, -0.15) is 0 Å². The van der Waals surface area contributed by atoms with Crippen molar-refractivity contribution in [3.8, 4) is 0 Å². The summed E-state index contributed by atoms with van der Waals surface area (Å²) in [6.45, 7) is 14.7. The number of benzene rings is 2. The minimum absolute atomic E-state index is 0.529. The Morgan fingerprint density at radius 3 is 1.81 bits per heavy atom. The zero-order valence-corrected chi connectivity index (χ0v) is 18.1. The second-order valence-corrected chi connectivity index (χ2v) is 8.48. The molecule has 3 rings (SSSR count). The highest BCUT2D eigenvalue weighted by molar-refractivity contribution is 8.03. The van der Waals surface area contributed by atoms with Crippen LogP contribution < -0.4 is 4.90 Å². The van der Waals surface area contributed by atoms with E-state index < -0.39 is 0 Å². The monoisotopic (exact) mass is 382 g/mol. The maximum Gasteiger partial charge on any atom is 0.270 e. The van der Waals surface area contributed by atoms with Crippen LogP contribution in [0.25, 0.3) is 0 Å². The minimum Gasteiger partial charge on any atom is -0.421 e. The van der Waals surface area contributed by atoms with E-state index in [0.29, 0.717) is 4.20 Å². The minimum atomic E-state index is 0.529. The van der Waals surface area contributed by atoms with Crippen LogP contribution in [0.2, 0.25) is 0 Å². The summed E-state index contributed by atoms with van der Waals surface area (Å²) in [6.07, 6.45) is 0. The van der Waals surface area contributed by atoms with Crippen LogP contribution >= 0.6 is 12.2 Å². The number of aryl methyl sites for hydroxylation is 6. The van der Waals surface area contributed by atoms with Crippen LogP contribution in [-0.2, 0) is 12.6 Å². The van der Waals surface area contributed by atoms with E-state index in [1.807, 2.05) is 0 Å². The van der Waals surface area contributed by atoms with Gasteiger partial charge in [-0.25, -0.2) is 9.48 Å². The predicted octanol–water partition coefficient (Wildman–Crippen LogP) is 4.97. The van der Waals surface area contributed by atoms with Crippen LogP contribution in [0.4, 0.5) is 11.4 Å². The smallest absolute Gasteiger partial charge is 0.270 e. The third-order valence-corrected chi connectivity index (χ3v) is 5.42. The third-order valence-electron chi connectivity index (χ3n) is 5.05. The molecule has 0 saturated carbocycles. The zero-order valence-electron chi connectivity index (χ0n) is 16.4. The Balaban J connectivity index is 2.23. The molecule has 1 heterocycles. The lowest BCUT2D eigenvalue weighted by Gasteiger charge is -2.20. The molecule has 136 valence electrons. The normalized spacial score (nSPS) is 14.3. The molecule has 0 radical (unpaired) electrons. The van der Waals surface area contributed by atoms with Gasteiger partial charge in [0, 0.05) is 0 Å². The summed E-state index contributed by atoms with van der Waals surface area (Å²) in [6, 6.07) is 8.93. The average Bonchev–Trinajstić information content (AvgIpc) is 2.89. The van der Waals surface area contributed by atoms with Crippen molar-refractivity contribution in [1.29, 1.82) is 0 Å². The van der Waals surface area contributed by atoms with Crippen molar-refractivity contribution in [2.75, 3.05) is 18.0 Å². The summed E-state index contributed by atoms with van der Waals surface area (Å²) in [5, 5.41) is 0. The van der Waals surface area contributed by atoms with Crippen LogP contribution in [0.1, 0.15) is 33.4 Å². The molecule has 0 unspecified atom stereocenters. The average molecular weight is 383 g/mol. The second-order valence-electron chi connectivity index (χ2n) is 7.41. The summed E-state index contributed by atoms with van der Waals surface area (Å²) in [5.41, 5.74) is 10.1. The van der Waals surface area contributed by atoms with Crippen LogP contribution in [0.15, 0.2) is 24.3 Å². The fourth-order valence-electron chi connectivity index (χ4n) is 4.41. The van der Waals surface area contributed by atoms with E-state index in [1.54, 1.807) is 0 Å². The van der Waals surface area contributed by atoms with E-state index >= 15 is 0 Å². The first-order valence-corrected chi connectivity index (χ1v) is 9.81. The van der Waals surface area contributed by atoms with Gasteiger partial charge in [0.1, 0.15) is 24.5 Å². The fourth-order valence-corrected chi connectivity index (χ4v) is 4.85. The molecule has 1 aliphatic rings.